The number of hydrogen-bond donors (Lipinski definition) is 2. The summed E-state index contributed by atoms with van der Waals surface area (Å²) in [5, 5.41) is 8.88. The van der Waals surface area contributed by atoms with Crippen LogP contribution in [0, 0.1) is 0 Å². The molecule has 0 aromatic carbocycles. The third-order valence-corrected chi connectivity index (χ3v) is 1.78. The van der Waals surface area contributed by atoms with Crippen LogP contribution in [0.3, 0.4) is 0 Å². The first kappa shape index (κ1) is 9.74. The Bertz CT molecular complexity index is 109. The molecule has 0 radical (unpaired) electrons. The molecule has 0 saturated heterocycles. The monoisotopic (exact) mass is 165 g/mol. The highest BCUT2D eigenvalue weighted by Crippen LogP contribution is 2.07. The number of rotatable bonds is 4. The molecule has 0 aromatic heterocycles. The molecule has 0 heterocycles. The molecule has 0 amide bonds. The summed E-state index contributed by atoms with van der Waals surface area (Å²) in [5.41, 5.74) is 4.05. The van der Waals surface area contributed by atoms with E-state index in [1.54, 1.807) is 0 Å². The maximum absolute atomic E-state index is 10.5. The van der Waals surface area contributed by atoms with Gasteiger partial charge in [0.15, 0.2) is 5.44 Å². The second kappa shape index (κ2) is 5.52. The van der Waals surface area contributed by atoms with Gasteiger partial charge in [-0.05, 0) is 0 Å². The van der Waals surface area contributed by atoms with Gasteiger partial charge in [-0.15, -0.1) is 11.8 Å². The topological polar surface area (TPSA) is 72.5 Å². The Labute approximate surface area is 63.7 Å². The molecule has 0 aromatic rings. The summed E-state index contributed by atoms with van der Waals surface area (Å²) < 4.78 is 4.26. The van der Waals surface area contributed by atoms with Gasteiger partial charge < -0.3 is 15.6 Å². The van der Waals surface area contributed by atoms with E-state index >= 15 is 0 Å². The normalized spacial score (nSPS) is 12.7. The average Bonchev–Trinajstić information content (AvgIpc) is 1.98. The minimum atomic E-state index is -1.09. The van der Waals surface area contributed by atoms with Gasteiger partial charge in [0.2, 0.25) is 0 Å². The van der Waals surface area contributed by atoms with E-state index in [0.717, 1.165) is 11.8 Å². The number of aliphatic hydroxyl groups is 1. The van der Waals surface area contributed by atoms with Crippen molar-refractivity contribution in [2.45, 2.75) is 5.44 Å². The summed E-state index contributed by atoms with van der Waals surface area (Å²) >= 11 is 1.07. The third kappa shape index (κ3) is 3.71. The highest BCUT2D eigenvalue weighted by atomic mass is 32.2. The van der Waals surface area contributed by atoms with E-state index in [-0.39, 0.29) is 0 Å². The number of hydrogen-bond acceptors (Lipinski definition) is 5. The van der Waals surface area contributed by atoms with Crippen LogP contribution < -0.4 is 5.73 Å². The predicted octanol–water partition coefficient (Wildman–Crippen LogP) is -0.830. The Hall–Kier alpha value is -0.260. The third-order valence-electron chi connectivity index (χ3n) is 0.796. The molecule has 10 heavy (non-hydrogen) atoms. The van der Waals surface area contributed by atoms with Crippen LogP contribution in [0.25, 0.3) is 0 Å². The molecule has 0 aliphatic carbocycles. The molecule has 3 N–H and O–H groups in total. The fraction of sp³-hybridized carbons (Fsp3) is 0.800. The van der Waals surface area contributed by atoms with Crippen molar-refractivity contribution >= 4 is 17.7 Å². The Kier molecular flexibility index (Phi) is 5.38. The van der Waals surface area contributed by atoms with E-state index in [0.29, 0.717) is 12.3 Å². The number of nitrogens with two attached hydrogens (primary N) is 1. The van der Waals surface area contributed by atoms with Crippen LogP contribution in [0.1, 0.15) is 0 Å². The van der Waals surface area contributed by atoms with Crippen LogP contribution >= 0.6 is 11.8 Å². The smallest absolute Gasteiger partial charge is 0.345 e. The van der Waals surface area contributed by atoms with Gasteiger partial charge in [-0.1, -0.05) is 0 Å². The molecule has 0 aliphatic heterocycles. The lowest BCUT2D eigenvalue weighted by atomic mass is 10.7. The van der Waals surface area contributed by atoms with E-state index in [9.17, 15) is 4.79 Å². The van der Waals surface area contributed by atoms with E-state index < -0.39 is 11.4 Å². The zero-order chi connectivity index (χ0) is 7.98. The fourth-order valence-electron chi connectivity index (χ4n) is 0.349. The van der Waals surface area contributed by atoms with Crippen molar-refractivity contribution in [2.24, 2.45) is 5.73 Å². The lowest BCUT2D eigenvalue weighted by Crippen LogP contribution is -2.19. The molecule has 0 aliphatic rings. The van der Waals surface area contributed by atoms with E-state index in [4.69, 9.17) is 10.8 Å². The number of carbonyl (C=O) groups excluding carboxylic acids is 1. The first-order chi connectivity index (χ1) is 4.72. The van der Waals surface area contributed by atoms with Crippen LogP contribution in [0.2, 0.25) is 0 Å². The van der Waals surface area contributed by atoms with Crippen LogP contribution in [0.5, 0.6) is 0 Å². The minimum Gasteiger partial charge on any atom is -0.466 e. The number of methoxy groups -OCH3 is 1. The van der Waals surface area contributed by atoms with Crippen molar-refractivity contribution in [3.8, 4) is 0 Å². The maximum Gasteiger partial charge on any atom is 0.345 e. The van der Waals surface area contributed by atoms with Crippen molar-refractivity contribution in [3.63, 3.8) is 0 Å². The predicted molar refractivity (Wildman–Crippen MR) is 39.5 cm³/mol. The van der Waals surface area contributed by atoms with Crippen LogP contribution in [0.15, 0.2) is 0 Å². The van der Waals surface area contributed by atoms with Crippen LogP contribution in [0.4, 0.5) is 0 Å². The maximum atomic E-state index is 10.5. The van der Waals surface area contributed by atoms with Crippen molar-refractivity contribution in [2.75, 3.05) is 19.4 Å². The SMILES string of the molecule is COC(=O)C(O)SCCN. The summed E-state index contributed by atoms with van der Waals surface area (Å²) in [6.45, 7) is 0.443. The molecule has 1 unspecified atom stereocenters. The number of aliphatic hydroxyl groups excluding tert-OH is 1. The Morgan fingerprint density at radius 2 is 2.50 bits per heavy atom. The van der Waals surface area contributed by atoms with Crippen molar-refractivity contribution < 1.29 is 14.6 Å². The van der Waals surface area contributed by atoms with Gasteiger partial charge in [0.1, 0.15) is 0 Å². The van der Waals surface area contributed by atoms with Crippen molar-refractivity contribution in [3.05, 3.63) is 0 Å². The highest BCUT2D eigenvalue weighted by molar-refractivity contribution is 8.00. The van der Waals surface area contributed by atoms with Crippen molar-refractivity contribution in [1.29, 1.82) is 0 Å². The molecule has 1 atom stereocenters. The van der Waals surface area contributed by atoms with E-state index in [1.807, 2.05) is 0 Å². The first-order valence-corrected chi connectivity index (χ1v) is 3.84. The number of esters is 1. The molecular formula is C5H11NO3S. The average molecular weight is 165 g/mol. The Morgan fingerprint density at radius 3 is 2.90 bits per heavy atom. The number of carbonyl (C=O) groups is 1. The fourth-order valence-corrected chi connectivity index (χ4v) is 0.940. The molecule has 0 saturated carbocycles. The van der Waals surface area contributed by atoms with E-state index in [1.165, 1.54) is 7.11 Å². The largest absolute Gasteiger partial charge is 0.466 e. The van der Waals surface area contributed by atoms with Crippen LogP contribution in [-0.4, -0.2) is 35.9 Å². The molecule has 5 heteroatoms. The van der Waals surface area contributed by atoms with Gasteiger partial charge in [-0.3, -0.25) is 0 Å². The van der Waals surface area contributed by atoms with Gasteiger partial charge in [0.25, 0.3) is 0 Å². The van der Waals surface area contributed by atoms with Gasteiger partial charge in [0, 0.05) is 12.3 Å². The Balaban J connectivity index is 3.41. The highest BCUT2D eigenvalue weighted by Gasteiger charge is 2.13. The quantitative estimate of drug-likeness (QED) is 0.420. The molecule has 60 valence electrons. The van der Waals surface area contributed by atoms with Crippen molar-refractivity contribution in [1.82, 2.24) is 0 Å². The summed E-state index contributed by atoms with van der Waals surface area (Å²) in [4.78, 5) is 10.5. The molecule has 0 bridgehead atoms. The molecule has 4 nitrogen and oxygen atoms in total. The second-order valence-corrected chi connectivity index (χ2v) is 2.72. The zero-order valence-electron chi connectivity index (χ0n) is 5.74. The minimum absolute atomic E-state index is 0.443. The first-order valence-electron chi connectivity index (χ1n) is 2.80. The summed E-state index contributed by atoms with van der Waals surface area (Å²) in [5.74, 6) is -0.0746. The summed E-state index contributed by atoms with van der Waals surface area (Å²) in [6.07, 6.45) is 0. The van der Waals surface area contributed by atoms with Gasteiger partial charge in [0.05, 0.1) is 7.11 Å². The lowest BCUT2D eigenvalue weighted by molar-refractivity contribution is -0.145. The summed E-state index contributed by atoms with van der Waals surface area (Å²) in [6, 6.07) is 0. The molecule has 0 spiro atoms. The zero-order valence-corrected chi connectivity index (χ0v) is 6.56. The molecular weight excluding hydrogens is 154 g/mol. The van der Waals surface area contributed by atoms with E-state index in [2.05, 4.69) is 4.74 Å². The second-order valence-electron chi connectivity index (χ2n) is 1.53. The summed E-state index contributed by atoms with van der Waals surface area (Å²) in [7, 11) is 1.23. The van der Waals surface area contributed by atoms with Crippen LogP contribution in [-0.2, 0) is 9.53 Å². The van der Waals surface area contributed by atoms with Gasteiger partial charge >= 0.3 is 5.97 Å². The van der Waals surface area contributed by atoms with Gasteiger partial charge in [-0.25, -0.2) is 4.79 Å². The number of ether oxygens (including phenoxy) is 1. The van der Waals surface area contributed by atoms with Gasteiger partial charge in [-0.2, -0.15) is 0 Å². The molecule has 0 rings (SSSR count). The standard InChI is InChI=1S/C5H11NO3S/c1-9-4(7)5(8)10-3-2-6/h5,8H,2-3,6H2,1H3. The number of thioether (sulfide) groups is 1. The lowest BCUT2D eigenvalue weighted by Gasteiger charge is -2.05. The molecule has 0 fully saturated rings. The Morgan fingerprint density at radius 1 is 1.90 bits per heavy atom.